The summed E-state index contributed by atoms with van der Waals surface area (Å²) in [5.74, 6) is -0.801. The predicted octanol–water partition coefficient (Wildman–Crippen LogP) is 2.10. The van der Waals surface area contributed by atoms with Crippen molar-refractivity contribution < 1.29 is 41.9 Å². The number of fused-ring (bicyclic) bond motifs is 2. The number of carbonyl (C=O) groups excluding carboxylic acids is 2. The Labute approximate surface area is 188 Å². The van der Waals surface area contributed by atoms with Gasteiger partial charge in [0.2, 0.25) is 5.91 Å². The quantitative estimate of drug-likeness (QED) is 0.212. The molecule has 32 heavy (non-hydrogen) atoms. The number of hydrogen-bond acceptors (Lipinski definition) is 10. The van der Waals surface area contributed by atoms with Crippen LogP contribution in [0.4, 0.5) is 0 Å². The molecule has 1 amide bonds. The molecule has 2 aliphatic heterocycles. The first-order chi connectivity index (χ1) is 15.3. The Hall–Kier alpha value is -1.54. The molecule has 0 radical (unpaired) electrons. The zero-order chi connectivity index (χ0) is 23.6. The van der Waals surface area contributed by atoms with Gasteiger partial charge in [-0.15, -0.1) is 0 Å². The van der Waals surface area contributed by atoms with E-state index >= 15 is 0 Å². The molecular weight excluding hydrogens is 443 g/mol. The number of phosphoric ester groups is 1. The minimum atomic E-state index is -3.60. The maximum atomic E-state index is 12.6. The number of nitrogens with one attached hydrogen (secondary N) is 1. The minimum Gasteiger partial charge on any atom is -0.457 e. The largest absolute Gasteiger partial charge is 0.474 e. The number of unbranched alkanes of at least 4 members (excludes halogenated alkanes) is 3. The van der Waals surface area contributed by atoms with Gasteiger partial charge in [0.25, 0.3) is 0 Å². The number of ether oxygens (including phenoxy) is 3. The normalized spacial score (nSPS) is 28.1. The maximum absolute atomic E-state index is 12.6. The van der Waals surface area contributed by atoms with E-state index in [0.29, 0.717) is 19.4 Å². The number of nitriles is 1. The van der Waals surface area contributed by atoms with Crippen LogP contribution in [-0.2, 0) is 41.9 Å². The van der Waals surface area contributed by atoms with Crippen LogP contribution in [0.25, 0.3) is 0 Å². The molecule has 2 saturated heterocycles. The highest BCUT2D eigenvalue weighted by molar-refractivity contribution is 7.48. The van der Waals surface area contributed by atoms with Crippen molar-refractivity contribution in [3.8, 4) is 6.07 Å². The molecule has 0 aromatic heterocycles. The second-order valence-corrected chi connectivity index (χ2v) is 9.44. The molecule has 2 fully saturated rings. The lowest BCUT2D eigenvalue weighted by atomic mass is 9.84. The van der Waals surface area contributed by atoms with Gasteiger partial charge in [-0.05, 0) is 19.3 Å². The summed E-state index contributed by atoms with van der Waals surface area (Å²) in [7, 11) is -0.840. The van der Waals surface area contributed by atoms with E-state index in [1.165, 1.54) is 21.1 Å². The zero-order valence-corrected chi connectivity index (χ0v) is 19.7. The molecule has 2 aliphatic rings. The van der Waals surface area contributed by atoms with Gasteiger partial charge in [0.15, 0.2) is 6.10 Å². The Kier molecular flexibility index (Phi) is 11.0. The number of nitrogens with zero attached hydrogens (tertiary/aromatic N) is 1. The smallest absolute Gasteiger partial charge is 0.457 e. The molecule has 4 unspecified atom stereocenters. The molecule has 2 bridgehead atoms. The highest BCUT2D eigenvalue weighted by Gasteiger charge is 2.58. The van der Waals surface area contributed by atoms with E-state index in [4.69, 9.17) is 33.0 Å². The monoisotopic (exact) mass is 476 g/mol. The van der Waals surface area contributed by atoms with Crippen LogP contribution in [0.5, 0.6) is 0 Å². The molecule has 2 rings (SSSR count). The second kappa shape index (κ2) is 13.2. The number of esters is 1. The highest BCUT2D eigenvalue weighted by atomic mass is 31.2. The zero-order valence-electron chi connectivity index (χ0n) is 18.8. The first-order valence-corrected chi connectivity index (χ1v) is 12.3. The van der Waals surface area contributed by atoms with Crippen LogP contribution in [0, 0.1) is 17.2 Å². The topological polar surface area (TPSA) is 142 Å². The molecule has 6 atom stereocenters. The molecule has 0 aromatic rings. The van der Waals surface area contributed by atoms with Gasteiger partial charge in [0.05, 0.1) is 43.8 Å². The van der Waals surface area contributed by atoms with E-state index in [-0.39, 0.29) is 37.6 Å². The molecule has 11 nitrogen and oxygen atoms in total. The maximum Gasteiger partial charge on any atom is 0.474 e. The molecule has 1 N–H and O–H groups in total. The van der Waals surface area contributed by atoms with Gasteiger partial charge in [0, 0.05) is 27.7 Å². The van der Waals surface area contributed by atoms with Crippen LogP contribution in [0.3, 0.4) is 0 Å². The standard InChI is InChI=1S/C20H33N2O9P/c1-14(23)30-18-16-13-15(17(31-16)19(18)26-2)20(24)22-10-6-4-5-7-11-28-32(25,27-3)29-12-8-9-21/h15-19H,4-8,10-13H2,1-3H3,(H,22,24)/t15?,16?,17-,18?,19+,32?/m0/s1. The Morgan fingerprint density at radius 2 is 1.84 bits per heavy atom. The van der Waals surface area contributed by atoms with E-state index in [2.05, 4.69) is 5.32 Å². The van der Waals surface area contributed by atoms with E-state index in [1.807, 2.05) is 6.07 Å². The fourth-order valence-corrected chi connectivity index (χ4v) is 4.91. The van der Waals surface area contributed by atoms with E-state index < -0.39 is 32.1 Å². The first-order valence-electron chi connectivity index (χ1n) is 10.8. The van der Waals surface area contributed by atoms with Crippen LogP contribution in [0.15, 0.2) is 0 Å². The minimum absolute atomic E-state index is 0.00943. The fourth-order valence-electron chi connectivity index (χ4n) is 3.96. The lowest BCUT2D eigenvalue weighted by molar-refractivity contribution is -0.155. The van der Waals surface area contributed by atoms with Crippen molar-refractivity contribution >= 4 is 19.7 Å². The summed E-state index contributed by atoms with van der Waals surface area (Å²) in [5.41, 5.74) is 0. The van der Waals surface area contributed by atoms with Gasteiger partial charge in [0.1, 0.15) is 6.10 Å². The SMILES string of the molecule is CO[C@H]1C(OC(C)=O)C2CC(C(=O)NCCCCCCOP(=O)(OC)OCCC#N)[C@@H]1O2. The summed E-state index contributed by atoms with van der Waals surface area (Å²) >= 11 is 0. The summed E-state index contributed by atoms with van der Waals surface area (Å²) < 4.78 is 43.6. The van der Waals surface area contributed by atoms with Crippen molar-refractivity contribution in [2.24, 2.45) is 5.92 Å². The van der Waals surface area contributed by atoms with Crippen molar-refractivity contribution in [3.63, 3.8) is 0 Å². The van der Waals surface area contributed by atoms with Gasteiger partial charge < -0.3 is 19.5 Å². The van der Waals surface area contributed by atoms with Crippen molar-refractivity contribution in [1.82, 2.24) is 5.32 Å². The number of amides is 1. The summed E-state index contributed by atoms with van der Waals surface area (Å²) in [6, 6.07) is 1.89. The third-order valence-corrected chi connectivity index (χ3v) is 6.89. The number of rotatable bonds is 15. The molecule has 12 heteroatoms. The molecule has 182 valence electrons. The summed E-state index contributed by atoms with van der Waals surface area (Å²) in [6.45, 7) is 2.08. The van der Waals surface area contributed by atoms with Crippen LogP contribution >= 0.6 is 7.82 Å². The summed E-state index contributed by atoms with van der Waals surface area (Å²) in [6.07, 6.45) is 2.09. The summed E-state index contributed by atoms with van der Waals surface area (Å²) in [4.78, 5) is 23.8. The van der Waals surface area contributed by atoms with E-state index in [9.17, 15) is 14.2 Å². The first kappa shape index (κ1) is 26.7. The lowest BCUT2D eigenvalue weighted by Crippen LogP contribution is -2.49. The van der Waals surface area contributed by atoms with Crippen molar-refractivity contribution in [1.29, 1.82) is 5.26 Å². The molecule has 0 aromatic carbocycles. The lowest BCUT2D eigenvalue weighted by Gasteiger charge is -2.30. The number of methoxy groups -OCH3 is 1. The van der Waals surface area contributed by atoms with Crippen LogP contribution in [0.1, 0.15) is 45.4 Å². The van der Waals surface area contributed by atoms with E-state index in [1.54, 1.807) is 0 Å². The second-order valence-electron chi connectivity index (χ2n) is 7.67. The Morgan fingerprint density at radius 1 is 1.12 bits per heavy atom. The van der Waals surface area contributed by atoms with Gasteiger partial charge in [-0.1, -0.05) is 12.8 Å². The highest BCUT2D eigenvalue weighted by Crippen LogP contribution is 2.48. The molecule has 0 saturated carbocycles. The van der Waals surface area contributed by atoms with Crippen molar-refractivity contribution in [3.05, 3.63) is 0 Å². The average molecular weight is 476 g/mol. The Balaban J connectivity index is 1.58. The third kappa shape index (κ3) is 7.51. The molecule has 2 heterocycles. The Bertz CT molecular complexity index is 714. The third-order valence-electron chi connectivity index (χ3n) is 5.45. The van der Waals surface area contributed by atoms with Crippen molar-refractivity contribution in [2.75, 3.05) is 34.0 Å². The van der Waals surface area contributed by atoms with Gasteiger partial charge in [-0.3, -0.25) is 23.2 Å². The van der Waals surface area contributed by atoms with Gasteiger partial charge in [-0.25, -0.2) is 4.57 Å². The van der Waals surface area contributed by atoms with Crippen molar-refractivity contribution in [2.45, 2.75) is 69.9 Å². The van der Waals surface area contributed by atoms with Crippen LogP contribution in [0.2, 0.25) is 0 Å². The van der Waals surface area contributed by atoms with Crippen LogP contribution < -0.4 is 5.32 Å². The Morgan fingerprint density at radius 3 is 2.50 bits per heavy atom. The average Bonchev–Trinajstić information content (AvgIpc) is 3.34. The predicted molar refractivity (Wildman–Crippen MR) is 111 cm³/mol. The van der Waals surface area contributed by atoms with Gasteiger partial charge in [-0.2, -0.15) is 5.26 Å². The van der Waals surface area contributed by atoms with Crippen LogP contribution in [-0.4, -0.2) is 70.3 Å². The molecule has 0 aliphatic carbocycles. The van der Waals surface area contributed by atoms with Gasteiger partial charge >= 0.3 is 13.8 Å². The number of carbonyl (C=O) groups is 2. The number of hydrogen-bond donors (Lipinski definition) is 1. The fraction of sp³-hybridized carbons (Fsp3) is 0.850. The number of phosphoric acid groups is 1. The van der Waals surface area contributed by atoms with E-state index in [0.717, 1.165) is 19.3 Å². The molecular formula is C20H33N2O9P. The molecule has 0 spiro atoms. The summed E-state index contributed by atoms with van der Waals surface area (Å²) in [5, 5.41) is 11.4.